The topological polar surface area (TPSA) is 69.8 Å². The number of aromatic nitrogens is 2. The Labute approximate surface area is 161 Å². The standard InChI is InChI=1S/C22H19FN4O/c23-18-6-2-4-8-20(18)27-16-9-10-21(26-14-16)22(28)24-12-11-15-13-25-19-7-3-1-5-17(15)19/h1-10,13-14,25,27H,11-12H2,(H,24,28). The lowest BCUT2D eigenvalue weighted by molar-refractivity contribution is 0.0949. The van der Waals surface area contributed by atoms with Gasteiger partial charge < -0.3 is 15.6 Å². The highest BCUT2D eigenvalue weighted by molar-refractivity contribution is 5.92. The van der Waals surface area contributed by atoms with Crippen LogP contribution in [0, 0.1) is 5.82 Å². The fourth-order valence-electron chi connectivity index (χ4n) is 3.06. The average Bonchev–Trinajstić information content (AvgIpc) is 3.13. The van der Waals surface area contributed by atoms with E-state index in [9.17, 15) is 9.18 Å². The number of nitrogens with zero attached hydrogens (tertiary/aromatic N) is 1. The molecule has 3 N–H and O–H groups in total. The molecular weight excluding hydrogens is 355 g/mol. The van der Waals surface area contributed by atoms with Gasteiger partial charge in [-0.3, -0.25) is 4.79 Å². The Kier molecular flexibility index (Phi) is 5.01. The monoisotopic (exact) mass is 374 g/mol. The van der Waals surface area contributed by atoms with Gasteiger partial charge in [-0.15, -0.1) is 0 Å². The molecule has 140 valence electrons. The predicted molar refractivity (Wildman–Crippen MR) is 108 cm³/mol. The van der Waals surface area contributed by atoms with E-state index in [4.69, 9.17) is 0 Å². The summed E-state index contributed by atoms with van der Waals surface area (Å²) in [5.41, 5.74) is 3.54. The van der Waals surface area contributed by atoms with Gasteiger partial charge in [0, 0.05) is 23.6 Å². The Morgan fingerprint density at radius 3 is 2.68 bits per heavy atom. The molecule has 0 radical (unpaired) electrons. The summed E-state index contributed by atoms with van der Waals surface area (Å²) < 4.78 is 13.7. The molecule has 28 heavy (non-hydrogen) atoms. The number of benzene rings is 2. The summed E-state index contributed by atoms with van der Waals surface area (Å²) in [7, 11) is 0. The van der Waals surface area contributed by atoms with Crippen molar-refractivity contribution >= 4 is 28.2 Å². The lowest BCUT2D eigenvalue weighted by Gasteiger charge is -2.08. The molecule has 4 rings (SSSR count). The molecular formula is C22H19FN4O. The zero-order valence-corrected chi connectivity index (χ0v) is 15.1. The minimum absolute atomic E-state index is 0.239. The van der Waals surface area contributed by atoms with Crippen LogP contribution in [0.5, 0.6) is 0 Å². The van der Waals surface area contributed by atoms with E-state index < -0.39 is 0 Å². The lowest BCUT2D eigenvalue weighted by Crippen LogP contribution is -2.26. The van der Waals surface area contributed by atoms with Crippen molar-refractivity contribution in [3.05, 3.63) is 90.1 Å². The van der Waals surface area contributed by atoms with Crippen LogP contribution in [0.25, 0.3) is 10.9 Å². The number of fused-ring (bicyclic) bond motifs is 1. The number of rotatable bonds is 6. The molecule has 0 unspecified atom stereocenters. The normalized spacial score (nSPS) is 10.8. The highest BCUT2D eigenvalue weighted by Gasteiger charge is 2.09. The second-order valence-corrected chi connectivity index (χ2v) is 6.40. The first kappa shape index (κ1) is 17.7. The Bertz CT molecular complexity index is 1100. The molecule has 2 heterocycles. The number of para-hydroxylation sites is 2. The van der Waals surface area contributed by atoms with Crippen molar-refractivity contribution in [3.63, 3.8) is 0 Å². The van der Waals surface area contributed by atoms with Crippen LogP contribution in [0.2, 0.25) is 0 Å². The molecule has 4 aromatic rings. The van der Waals surface area contributed by atoms with Crippen molar-refractivity contribution in [2.75, 3.05) is 11.9 Å². The maximum Gasteiger partial charge on any atom is 0.269 e. The van der Waals surface area contributed by atoms with Crippen LogP contribution in [0.15, 0.2) is 73.1 Å². The van der Waals surface area contributed by atoms with Crippen LogP contribution in [0.4, 0.5) is 15.8 Å². The van der Waals surface area contributed by atoms with E-state index in [-0.39, 0.29) is 11.7 Å². The minimum atomic E-state index is -0.346. The minimum Gasteiger partial charge on any atom is -0.361 e. The number of carbonyl (C=O) groups excluding carboxylic acids is 1. The summed E-state index contributed by atoms with van der Waals surface area (Å²) in [5, 5.41) is 6.99. The van der Waals surface area contributed by atoms with E-state index in [1.807, 2.05) is 24.4 Å². The molecule has 5 nitrogen and oxygen atoms in total. The van der Waals surface area contributed by atoms with Gasteiger partial charge in [0.2, 0.25) is 0 Å². The Balaban J connectivity index is 1.34. The van der Waals surface area contributed by atoms with Crippen LogP contribution in [-0.2, 0) is 6.42 Å². The van der Waals surface area contributed by atoms with Crippen molar-refractivity contribution in [2.45, 2.75) is 6.42 Å². The smallest absolute Gasteiger partial charge is 0.269 e. The first-order valence-corrected chi connectivity index (χ1v) is 9.01. The second kappa shape index (κ2) is 7.92. The van der Waals surface area contributed by atoms with E-state index >= 15 is 0 Å². The fourth-order valence-corrected chi connectivity index (χ4v) is 3.06. The maximum absolute atomic E-state index is 13.7. The van der Waals surface area contributed by atoms with Crippen molar-refractivity contribution < 1.29 is 9.18 Å². The molecule has 2 aromatic carbocycles. The highest BCUT2D eigenvalue weighted by atomic mass is 19.1. The number of nitrogens with one attached hydrogen (secondary N) is 3. The van der Waals surface area contributed by atoms with E-state index in [1.165, 1.54) is 17.6 Å². The summed E-state index contributed by atoms with van der Waals surface area (Å²) >= 11 is 0. The third kappa shape index (κ3) is 3.86. The maximum atomic E-state index is 13.7. The Hall–Kier alpha value is -3.67. The second-order valence-electron chi connectivity index (χ2n) is 6.40. The zero-order chi connectivity index (χ0) is 19.3. The molecule has 6 heteroatoms. The Morgan fingerprint density at radius 1 is 1.04 bits per heavy atom. The molecule has 2 aromatic heterocycles. The molecule has 1 amide bonds. The molecule has 0 saturated heterocycles. The van der Waals surface area contributed by atoms with E-state index in [0.717, 1.165) is 17.5 Å². The largest absolute Gasteiger partial charge is 0.361 e. The number of pyridine rings is 1. The van der Waals surface area contributed by atoms with E-state index in [0.29, 0.717) is 23.6 Å². The molecule has 0 atom stereocenters. The quantitative estimate of drug-likeness (QED) is 0.468. The number of amides is 1. The van der Waals surface area contributed by atoms with E-state index in [1.54, 1.807) is 30.3 Å². The third-order valence-electron chi connectivity index (χ3n) is 4.50. The van der Waals surface area contributed by atoms with Crippen LogP contribution in [0.1, 0.15) is 16.1 Å². The van der Waals surface area contributed by atoms with Gasteiger partial charge in [0.1, 0.15) is 11.5 Å². The summed E-state index contributed by atoms with van der Waals surface area (Å²) in [4.78, 5) is 19.7. The van der Waals surface area contributed by atoms with Crippen LogP contribution >= 0.6 is 0 Å². The average molecular weight is 374 g/mol. The fraction of sp³-hybridized carbons (Fsp3) is 0.0909. The van der Waals surface area contributed by atoms with Gasteiger partial charge in [-0.1, -0.05) is 30.3 Å². The number of hydrogen-bond acceptors (Lipinski definition) is 3. The highest BCUT2D eigenvalue weighted by Crippen LogP contribution is 2.19. The van der Waals surface area contributed by atoms with Crippen molar-refractivity contribution in [1.82, 2.24) is 15.3 Å². The summed E-state index contributed by atoms with van der Waals surface area (Å²) in [6, 6.07) is 17.8. The van der Waals surface area contributed by atoms with Crippen molar-refractivity contribution in [1.29, 1.82) is 0 Å². The van der Waals surface area contributed by atoms with Gasteiger partial charge in [-0.05, 0) is 42.3 Å². The van der Waals surface area contributed by atoms with Gasteiger partial charge in [0.15, 0.2) is 0 Å². The molecule has 0 bridgehead atoms. The SMILES string of the molecule is O=C(NCCc1c[nH]c2ccccc12)c1ccc(Nc2ccccc2F)cn1. The number of hydrogen-bond donors (Lipinski definition) is 3. The van der Waals surface area contributed by atoms with Gasteiger partial charge in [0.05, 0.1) is 17.6 Å². The zero-order valence-electron chi connectivity index (χ0n) is 15.1. The molecule has 0 spiro atoms. The van der Waals surface area contributed by atoms with Crippen molar-refractivity contribution in [3.8, 4) is 0 Å². The summed E-state index contributed by atoms with van der Waals surface area (Å²) in [6.07, 6.45) is 4.21. The molecule has 0 aliphatic heterocycles. The number of H-pyrrole nitrogens is 1. The van der Waals surface area contributed by atoms with Crippen LogP contribution in [0.3, 0.4) is 0 Å². The molecule has 0 saturated carbocycles. The van der Waals surface area contributed by atoms with Crippen LogP contribution < -0.4 is 10.6 Å². The Morgan fingerprint density at radius 2 is 1.86 bits per heavy atom. The van der Waals surface area contributed by atoms with E-state index in [2.05, 4.69) is 26.7 Å². The van der Waals surface area contributed by atoms with Gasteiger partial charge >= 0.3 is 0 Å². The first-order chi connectivity index (χ1) is 13.7. The number of carbonyl (C=O) groups is 1. The number of halogens is 1. The summed E-state index contributed by atoms with van der Waals surface area (Å²) in [6.45, 7) is 0.511. The lowest BCUT2D eigenvalue weighted by atomic mass is 10.1. The first-order valence-electron chi connectivity index (χ1n) is 9.01. The summed E-state index contributed by atoms with van der Waals surface area (Å²) in [5.74, 6) is -0.584. The third-order valence-corrected chi connectivity index (χ3v) is 4.50. The molecule has 0 fully saturated rings. The van der Waals surface area contributed by atoms with Gasteiger partial charge in [0.25, 0.3) is 5.91 Å². The predicted octanol–water partition coefficient (Wildman–Crippen LogP) is 4.42. The van der Waals surface area contributed by atoms with Gasteiger partial charge in [-0.25, -0.2) is 9.37 Å². The van der Waals surface area contributed by atoms with Gasteiger partial charge in [-0.2, -0.15) is 0 Å². The number of aromatic amines is 1. The molecule has 0 aliphatic rings. The van der Waals surface area contributed by atoms with Crippen LogP contribution in [-0.4, -0.2) is 22.4 Å². The molecule has 0 aliphatic carbocycles. The van der Waals surface area contributed by atoms with Crippen molar-refractivity contribution in [2.24, 2.45) is 0 Å². The number of anilines is 2.